The number of amides is 1. The molecule has 0 bridgehead atoms. The van der Waals surface area contributed by atoms with Crippen LogP contribution in [0.1, 0.15) is 38.3 Å². The first kappa shape index (κ1) is 16.7. The van der Waals surface area contributed by atoms with Crippen LogP contribution in [0.25, 0.3) is 0 Å². The third-order valence-corrected chi connectivity index (χ3v) is 6.38. The molecule has 0 aromatic carbocycles. The smallest absolute Gasteiger partial charge is 0.226 e. The molecule has 2 atom stereocenters. The molecule has 2 saturated heterocycles. The number of nitrogens with zero attached hydrogens (tertiary/aromatic N) is 3. The van der Waals surface area contributed by atoms with Gasteiger partial charge in [0.15, 0.2) is 5.13 Å². The van der Waals surface area contributed by atoms with Crippen LogP contribution in [0.4, 0.5) is 5.13 Å². The van der Waals surface area contributed by atoms with Crippen LogP contribution in [-0.2, 0) is 4.79 Å². The molecule has 0 aliphatic carbocycles. The summed E-state index contributed by atoms with van der Waals surface area (Å²) in [6.45, 7) is 7.59. The summed E-state index contributed by atoms with van der Waals surface area (Å²) >= 11 is 1.70. The van der Waals surface area contributed by atoms with Gasteiger partial charge in [0, 0.05) is 43.5 Å². The number of anilines is 1. The predicted molar refractivity (Wildman–Crippen MR) is 94.7 cm³/mol. The second-order valence-electron chi connectivity index (χ2n) is 6.99. The Kier molecular flexibility index (Phi) is 5.21. The van der Waals surface area contributed by atoms with Gasteiger partial charge in [0.25, 0.3) is 0 Å². The molecule has 6 heteroatoms. The molecule has 2 aliphatic rings. The molecular formula is C17H28N4OS. The van der Waals surface area contributed by atoms with E-state index in [-0.39, 0.29) is 12.0 Å². The minimum atomic E-state index is 0.159. The zero-order valence-electron chi connectivity index (χ0n) is 14.2. The van der Waals surface area contributed by atoms with Gasteiger partial charge in [-0.15, -0.1) is 11.3 Å². The Bertz CT molecular complexity index is 538. The number of hydrogen-bond donors (Lipinski definition) is 1. The van der Waals surface area contributed by atoms with Crippen LogP contribution in [0.3, 0.4) is 0 Å². The van der Waals surface area contributed by atoms with Crippen LogP contribution in [0.5, 0.6) is 0 Å². The van der Waals surface area contributed by atoms with E-state index in [0.29, 0.717) is 18.4 Å². The lowest BCUT2D eigenvalue weighted by atomic mass is 9.88. The largest absolute Gasteiger partial charge is 0.348 e. The number of hydrogen-bond acceptors (Lipinski definition) is 5. The topological polar surface area (TPSA) is 62.5 Å². The van der Waals surface area contributed by atoms with Crippen molar-refractivity contribution in [3.63, 3.8) is 0 Å². The Morgan fingerprint density at radius 3 is 2.70 bits per heavy atom. The second-order valence-corrected chi connectivity index (χ2v) is 7.82. The van der Waals surface area contributed by atoms with E-state index in [0.717, 1.165) is 49.7 Å². The van der Waals surface area contributed by atoms with Crippen LogP contribution in [0, 0.1) is 18.8 Å². The highest BCUT2D eigenvalue weighted by atomic mass is 32.1. The van der Waals surface area contributed by atoms with Gasteiger partial charge in [-0.3, -0.25) is 4.79 Å². The molecule has 2 aliphatic heterocycles. The van der Waals surface area contributed by atoms with E-state index in [1.165, 1.54) is 6.42 Å². The fraction of sp³-hybridized carbons (Fsp3) is 0.765. The molecule has 5 nitrogen and oxygen atoms in total. The molecule has 1 aromatic heterocycles. The third-order valence-electron chi connectivity index (χ3n) is 5.36. The van der Waals surface area contributed by atoms with Crippen LogP contribution >= 0.6 is 11.3 Å². The van der Waals surface area contributed by atoms with Crippen molar-refractivity contribution in [3.05, 3.63) is 11.1 Å². The fourth-order valence-corrected chi connectivity index (χ4v) is 4.78. The van der Waals surface area contributed by atoms with Gasteiger partial charge in [0.1, 0.15) is 0 Å². The minimum absolute atomic E-state index is 0.159. The normalized spacial score (nSPS) is 26.6. The highest BCUT2D eigenvalue weighted by Gasteiger charge is 2.35. The zero-order chi connectivity index (χ0) is 16.4. The molecule has 2 N–H and O–H groups in total. The van der Waals surface area contributed by atoms with Crippen molar-refractivity contribution in [2.45, 2.75) is 45.6 Å². The van der Waals surface area contributed by atoms with E-state index in [2.05, 4.69) is 27.1 Å². The third kappa shape index (κ3) is 3.53. The van der Waals surface area contributed by atoms with Gasteiger partial charge < -0.3 is 15.5 Å². The number of nitrogens with two attached hydrogens (primary N) is 1. The lowest BCUT2D eigenvalue weighted by Crippen LogP contribution is -2.54. The summed E-state index contributed by atoms with van der Waals surface area (Å²) in [6, 6.07) is 0.232. The van der Waals surface area contributed by atoms with Crippen LogP contribution in [0.15, 0.2) is 5.38 Å². The summed E-state index contributed by atoms with van der Waals surface area (Å²) in [5, 5.41) is 3.19. The predicted octanol–water partition coefficient (Wildman–Crippen LogP) is 2.25. The van der Waals surface area contributed by atoms with E-state index >= 15 is 0 Å². The van der Waals surface area contributed by atoms with Gasteiger partial charge in [-0.25, -0.2) is 4.98 Å². The second kappa shape index (κ2) is 7.18. The Hall–Kier alpha value is -1.14. The van der Waals surface area contributed by atoms with E-state index in [4.69, 9.17) is 5.73 Å². The summed E-state index contributed by atoms with van der Waals surface area (Å²) in [4.78, 5) is 21.9. The Morgan fingerprint density at radius 1 is 1.35 bits per heavy atom. The first-order chi connectivity index (χ1) is 11.1. The fourth-order valence-electron chi connectivity index (χ4n) is 3.92. The Morgan fingerprint density at radius 2 is 2.09 bits per heavy atom. The average Bonchev–Trinajstić information content (AvgIpc) is 3.00. The summed E-state index contributed by atoms with van der Waals surface area (Å²) < 4.78 is 0. The molecule has 23 heavy (non-hydrogen) atoms. The summed E-state index contributed by atoms with van der Waals surface area (Å²) in [7, 11) is 0. The van der Waals surface area contributed by atoms with E-state index in [1.807, 2.05) is 6.92 Å². The van der Waals surface area contributed by atoms with Crippen LogP contribution in [0.2, 0.25) is 0 Å². The van der Waals surface area contributed by atoms with E-state index < -0.39 is 0 Å². The number of likely N-dealkylation sites (tertiary alicyclic amines) is 1. The molecule has 2 fully saturated rings. The van der Waals surface area contributed by atoms with Gasteiger partial charge in [-0.1, -0.05) is 6.92 Å². The number of thiazole rings is 1. The molecule has 3 heterocycles. The quantitative estimate of drug-likeness (QED) is 0.920. The highest BCUT2D eigenvalue weighted by molar-refractivity contribution is 7.13. The van der Waals surface area contributed by atoms with Crippen molar-refractivity contribution in [1.29, 1.82) is 0 Å². The SMILES string of the molecule is Cc1csc(N2CCC(C(=O)N3CCC[C@@H](C)[C@H]3CN)CC2)n1. The number of carbonyl (C=O) groups is 1. The number of piperidine rings is 2. The molecule has 0 radical (unpaired) electrons. The minimum Gasteiger partial charge on any atom is -0.348 e. The standard InChI is InChI=1S/C17H28N4OS/c1-12-4-3-7-21(15(12)10-18)16(22)14-5-8-20(9-6-14)17-19-13(2)11-23-17/h11-12,14-15H,3-10,18H2,1-2H3/t12-,15-/m1/s1. The number of aromatic nitrogens is 1. The van der Waals surface area contributed by atoms with Gasteiger partial charge in [0.05, 0.1) is 5.69 Å². The zero-order valence-corrected chi connectivity index (χ0v) is 15.0. The van der Waals surface area contributed by atoms with Crippen molar-refractivity contribution in [2.75, 3.05) is 31.1 Å². The van der Waals surface area contributed by atoms with E-state index in [9.17, 15) is 4.79 Å². The molecule has 1 aromatic rings. The average molecular weight is 337 g/mol. The van der Waals surface area contributed by atoms with Crippen molar-refractivity contribution < 1.29 is 4.79 Å². The Labute approximate surface area is 142 Å². The van der Waals surface area contributed by atoms with Crippen molar-refractivity contribution in [3.8, 4) is 0 Å². The lowest BCUT2D eigenvalue weighted by Gasteiger charge is -2.42. The highest BCUT2D eigenvalue weighted by Crippen LogP contribution is 2.30. The first-order valence-electron chi connectivity index (χ1n) is 8.77. The van der Waals surface area contributed by atoms with Gasteiger partial charge in [-0.2, -0.15) is 0 Å². The lowest BCUT2D eigenvalue weighted by molar-refractivity contribution is -0.141. The van der Waals surface area contributed by atoms with Crippen molar-refractivity contribution >= 4 is 22.4 Å². The Balaban J connectivity index is 1.59. The summed E-state index contributed by atoms with van der Waals surface area (Å²) in [6.07, 6.45) is 4.16. The maximum Gasteiger partial charge on any atom is 0.226 e. The summed E-state index contributed by atoms with van der Waals surface area (Å²) in [5.74, 6) is 1.02. The molecular weight excluding hydrogens is 308 g/mol. The molecule has 3 rings (SSSR count). The maximum absolute atomic E-state index is 13.0. The molecule has 0 saturated carbocycles. The maximum atomic E-state index is 13.0. The van der Waals surface area contributed by atoms with Gasteiger partial charge in [0.2, 0.25) is 5.91 Å². The van der Waals surface area contributed by atoms with Crippen molar-refractivity contribution in [1.82, 2.24) is 9.88 Å². The molecule has 1 amide bonds. The van der Waals surface area contributed by atoms with Gasteiger partial charge >= 0.3 is 0 Å². The number of rotatable bonds is 3. The van der Waals surface area contributed by atoms with Crippen LogP contribution < -0.4 is 10.6 Å². The monoisotopic (exact) mass is 336 g/mol. The van der Waals surface area contributed by atoms with Gasteiger partial charge in [-0.05, 0) is 38.5 Å². The first-order valence-corrected chi connectivity index (χ1v) is 9.65. The number of aryl methyl sites for hydroxylation is 1. The van der Waals surface area contributed by atoms with Crippen LogP contribution in [-0.4, -0.2) is 48.0 Å². The van der Waals surface area contributed by atoms with Crippen molar-refractivity contribution in [2.24, 2.45) is 17.6 Å². The van der Waals surface area contributed by atoms with E-state index in [1.54, 1.807) is 11.3 Å². The molecule has 0 unspecified atom stereocenters. The summed E-state index contributed by atoms with van der Waals surface area (Å²) in [5.41, 5.74) is 7.02. The molecule has 128 valence electrons. The molecule has 0 spiro atoms. The number of carbonyl (C=O) groups excluding carboxylic acids is 1.